The van der Waals surface area contributed by atoms with Crippen LogP contribution in [0.15, 0.2) is 41.3 Å². The van der Waals surface area contributed by atoms with E-state index in [9.17, 15) is 9.59 Å². The van der Waals surface area contributed by atoms with Gasteiger partial charge in [-0.05, 0) is 24.6 Å². The van der Waals surface area contributed by atoms with Crippen LogP contribution in [-0.4, -0.2) is 26.0 Å². The third-order valence-electron chi connectivity index (χ3n) is 3.20. The highest BCUT2D eigenvalue weighted by atomic mass is 16.4. The van der Waals surface area contributed by atoms with E-state index in [1.54, 1.807) is 6.07 Å². The summed E-state index contributed by atoms with van der Waals surface area (Å²) in [4.78, 5) is 33.4. The number of fused-ring (bicyclic) bond motifs is 1. The number of nitrogens with one attached hydrogen (secondary N) is 1. The number of para-hydroxylation sites is 1. The molecule has 0 aliphatic heterocycles. The molecule has 1 aromatic carbocycles. The first-order valence-electron chi connectivity index (χ1n) is 6.25. The Labute approximate surface area is 119 Å². The fraction of sp³-hybridized carbons (Fsp3) is 0.0667. The monoisotopic (exact) mass is 281 g/mol. The van der Waals surface area contributed by atoms with Gasteiger partial charge in [0.1, 0.15) is 11.3 Å². The van der Waals surface area contributed by atoms with Crippen LogP contribution in [0.4, 0.5) is 0 Å². The van der Waals surface area contributed by atoms with Gasteiger partial charge in [0, 0.05) is 11.6 Å². The van der Waals surface area contributed by atoms with E-state index in [0.717, 1.165) is 22.7 Å². The molecule has 0 radical (unpaired) electrons. The number of aromatic amines is 1. The molecule has 0 saturated carbocycles. The zero-order chi connectivity index (χ0) is 15.0. The van der Waals surface area contributed by atoms with Crippen molar-refractivity contribution in [3.8, 4) is 11.5 Å². The van der Waals surface area contributed by atoms with E-state index < -0.39 is 17.1 Å². The fourth-order valence-electron chi connectivity index (χ4n) is 2.15. The third-order valence-corrected chi connectivity index (χ3v) is 3.20. The second kappa shape index (κ2) is 4.82. The molecule has 0 amide bonds. The van der Waals surface area contributed by atoms with Crippen LogP contribution in [0.5, 0.6) is 0 Å². The zero-order valence-corrected chi connectivity index (χ0v) is 11.1. The first-order chi connectivity index (χ1) is 10.1. The first kappa shape index (κ1) is 13.0. The number of rotatable bonds is 2. The summed E-state index contributed by atoms with van der Waals surface area (Å²) in [5, 5.41) is 9.86. The Hall–Kier alpha value is -3.02. The van der Waals surface area contributed by atoms with Crippen LogP contribution in [-0.2, 0) is 0 Å². The Bertz CT molecular complexity index is 915. The predicted molar refractivity (Wildman–Crippen MR) is 77.3 cm³/mol. The predicted octanol–water partition coefficient (Wildman–Crippen LogP) is 1.99. The molecular formula is C15H11N3O3. The number of carboxylic acids is 1. The standard InChI is InChI=1S/C15H11N3O3/c1-8-6-12(17-11-5-3-2-4-9(8)11)13-16-7-10(15(20)21)14(19)18-13/h2-7H,1H3,(H,20,21)(H,16,18,19). The normalized spacial score (nSPS) is 10.7. The molecule has 6 nitrogen and oxygen atoms in total. The van der Waals surface area contributed by atoms with Crippen molar-refractivity contribution in [2.45, 2.75) is 6.92 Å². The highest BCUT2D eigenvalue weighted by molar-refractivity contribution is 5.87. The zero-order valence-electron chi connectivity index (χ0n) is 11.1. The number of pyridine rings is 1. The number of H-pyrrole nitrogens is 1. The number of aromatic nitrogens is 3. The molecular weight excluding hydrogens is 270 g/mol. The smallest absolute Gasteiger partial charge is 0.342 e. The maximum atomic E-state index is 11.7. The summed E-state index contributed by atoms with van der Waals surface area (Å²) >= 11 is 0. The van der Waals surface area contributed by atoms with E-state index in [-0.39, 0.29) is 5.82 Å². The molecule has 0 bridgehead atoms. The molecule has 104 valence electrons. The van der Waals surface area contributed by atoms with Gasteiger partial charge in [-0.3, -0.25) is 4.79 Å². The van der Waals surface area contributed by atoms with Crippen LogP contribution in [0.1, 0.15) is 15.9 Å². The van der Waals surface area contributed by atoms with E-state index >= 15 is 0 Å². The van der Waals surface area contributed by atoms with Crippen molar-refractivity contribution in [3.05, 3.63) is 58.0 Å². The molecule has 21 heavy (non-hydrogen) atoms. The number of aryl methyl sites for hydroxylation is 1. The van der Waals surface area contributed by atoms with Gasteiger partial charge in [-0.2, -0.15) is 0 Å². The number of hydrogen-bond acceptors (Lipinski definition) is 4. The van der Waals surface area contributed by atoms with Gasteiger partial charge < -0.3 is 10.1 Å². The molecule has 0 fully saturated rings. The molecule has 2 N–H and O–H groups in total. The number of benzene rings is 1. The molecule has 0 aliphatic rings. The van der Waals surface area contributed by atoms with Gasteiger partial charge in [0.05, 0.1) is 5.52 Å². The summed E-state index contributed by atoms with van der Waals surface area (Å²) in [5.74, 6) is -1.06. The maximum absolute atomic E-state index is 11.7. The lowest BCUT2D eigenvalue weighted by atomic mass is 10.1. The minimum Gasteiger partial charge on any atom is -0.477 e. The highest BCUT2D eigenvalue weighted by Gasteiger charge is 2.12. The lowest BCUT2D eigenvalue weighted by molar-refractivity contribution is 0.0694. The molecule has 2 heterocycles. The Balaban J connectivity index is 2.19. The lowest BCUT2D eigenvalue weighted by Crippen LogP contribution is -2.19. The number of nitrogens with zero attached hydrogens (tertiary/aromatic N) is 2. The second-order valence-corrected chi connectivity index (χ2v) is 4.62. The minimum absolute atomic E-state index is 0.249. The Kier molecular flexibility index (Phi) is 2.98. The van der Waals surface area contributed by atoms with E-state index in [0.29, 0.717) is 5.69 Å². The van der Waals surface area contributed by atoms with Crippen molar-refractivity contribution in [2.24, 2.45) is 0 Å². The van der Waals surface area contributed by atoms with Gasteiger partial charge in [-0.25, -0.2) is 14.8 Å². The molecule has 2 aromatic heterocycles. The van der Waals surface area contributed by atoms with Crippen LogP contribution in [0.25, 0.3) is 22.4 Å². The number of carbonyl (C=O) groups is 1. The summed E-state index contributed by atoms with van der Waals surface area (Å²) in [7, 11) is 0. The van der Waals surface area contributed by atoms with Gasteiger partial charge in [-0.15, -0.1) is 0 Å². The summed E-state index contributed by atoms with van der Waals surface area (Å²) < 4.78 is 0. The second-order valence-electron chi connectivity index (χ2n) is 4.62. The SMILES string of the molecule is Cc1cc(-c2ncc(C(=O)O)c(=O)[nH]2)nc2ccccc12. The third kappa shape index (κ3) is 2.27. The maximum Gasteiger partial charge on any atom is 0.342 e. The van der Waals surface area contributed by atoms with Gasteiger partial charge in [0.15, 0.2) is 5.82 Å². The van der Waals surface area contributed by atoms with Crippen LogP contribution in [0.3, 0.4) is 0 Å². The molecule has 0 aliphatic carbocycles. The number of carboxylic acid groups (broad SMARTS) is 1. The lowest BCUT2D eigenvalue weighted by Gasteiger charge is -2.06. The van der Waals surface area contributed by atoms with Crippen molar-refractivity contribution in [2.75, 3.05) is 0 Å². The van der Waals surface area contributed by atoms with E-state index in [1.807, 2.05) is 31.2 Å². The van der Waals surface area contributed by atoms with Crippen molar-refractivity contribution < 1.29 is 9.90 Å². The topological polar surface area (TPSA) is 95.9 Å². The molecule has 6 heteroatoms. The molecule has 0 saturated heterocycles. The summed E-state index contributed by atoms with van der Waals surface area (Å²) in [6.07, 6.45) is 1.04. The van der Waals surface area contributed by atoms with Gasteiger partial charge in [0.25, 0.3) is 5.56 Å². The van der Waals surface area contributed by atoms with E-state index in [4.69, 9.17) is 5.11 Å². The average Bonchev–Trinajstić information content (AvgIpc) is 2.46. The van der Waals surface area contributed by atoms with Gasteiger partial charge in [0.2, 0.25) is 0 Å². The van der Waals surface area contributed by atoms with Crippen molar-refractivity contribution >= 4 is 16.9 Å². The Morgan fingerprint density at radius 1 is 1.29 bits per heavy atom. The fourth-order valence-corrected chi connectivity index (χ4v) is 2.15. The first-order valence-corrected chi connectivity index (χ1v) is 6.25. The quantitative estimate of drug-likeness (QED) is 0.748. The van der Waals surface area contributed by atoms with Crippen molar-refractivity contribution in [1.29, 1.82) is 0 Å². The van der Waals surface area contributed by atoms with Crippen molar-refractivity contribution in [1.82, 2.24) is 15.0 Å². The summed E-state index contributed by atoms with van der Waals surface area (Å²) in [6.45, 7) is 1.94. The average molecular weight is 281 g/mol. The van der Waals surface area contributed by atoms with Crippen LogP contribution in [0, 0.1) is 6.92 Å². The van der Waals surface area contributed by atoms with Crippen molar-refractivity contribution in [3.63, 3.8) is 0 Å². The highest BCUT2D eigenvalue weighted by Crippen LogP contribution is 2.21. The van der Waals surface area contributed by atoms with E-state index in [2.05, 4.69) is 15.0 Å². The molecule has 3 aromatic rings. The molecule has 3 rings (SSSR count). The van der Waals surface area contributed by atoms with Gasteiger partial charge >= 0.3 is 5.97 Å². The Morgan fingerprint density at radius 3 is 2.76 bits per heavy atom. The van der Waals surface area contributed by atoms with E-state index in [1.165, 1.54) is 0 Å². The summed E-state index contributed by atoms with van der Waals surface area (Å²) in [6, 6.07) is 9.45. The largest absolute Gasteiger partial charge is 0.477 e. The minimum atomic E-state index is -1.31. The molecule has 0 atom stereocenters. The Morgan fingerprint density at radius 2 is 2.05 bits per heavy atom. The van der Waals surface area contributed by atoms with Gasteiger partial charge in [-0.1, -0.05) is 18.2 Å². The van der Waals surface area contributed by atoms with Crippen LogP contribution >= 0.6 is 0 Å². The van der Waals surface area contributed by atoms with Crippen LogP contribution < -0.4 is 5.56 Å². The number of hydrogen-bond donors (Lipinski definition) is 2. The molecule has 0 unspecified atom stereocenters. The van der Waals surface area contributed by atoms with Crippen LogP contribution in [0.2, 0.25) is 0 Å². The summed E-state index contributed by atoms with van der Waals surface area (Å²) in [5.41, 5.74) is 1.20. The number of aromatic carboxylic acids is 1. The molecule has 0 spiro atoms.